The van der Waals surface area contributed by atoms with Crippen LogP contribution < -0.4 is 0 Å². The van der Waals surface area contributed by atoms with Gasteiger partial charge in [0.05, 0.1) is 5.60 Å². The fourth-order valence-electron chi connectivity index (χ4n) is 5.17. The molecule has 0 unspecified atom stereocenters. The molecule has 2 nitrogen and oxygen atoms in total. The van der Waals surface area contributed by atoms with E-state index in [9.17, 15) is 5.11 Å². The number of hydrogen-bond acceptors (Lipinski definition) is 2. The van der Waals surface area contributed by atoms with Crippen molar-refractivity contribution in [3.63, 3.8) is 0 Å². The molecule has 3 rings (SSSR count). The quantitative estimate of drug-likeness (QED) is 0.609. The van der Waals surface area contributed by atoms with E-state index in [4.69, 9.17) is 4.43 Å². The van der Waals surface area contributed by atoms with Crippen molar-refractivity contribution in [3.05, 3.63) is 35.9 Å². The van der Waals surface area contributed by atoms with Gasteiger partial charge < -0.3 is 9.53 Å². The smallest absolute Gasteiger partial charge is 0.191 e. The normalized spacial score (nSPS) is 34.5. The van der Waals surface area contributed by atoms with Crippen LogP contribution in [0.3, 0.4) is 0 Å². The lowest BCUT2D eigenvalue weighted by Crippen LogP contribution is -2.51. The van der Waals surface area contributed by atoms with Crippen LogP contribution in [0.15, 0.2) is 30.3 Å². The van der Waals surface area contributed by atoms with Crippen LogP contribution in [-0.2, 0) is 10.8 Å². The first-order valence-electron chi connectivity index (χ1n) is 10.9. The summed E-state index contributed by atoms with van der Waals surface area (Å²) in [5, 5.41) is 11.9. The van der Waals surface area contributed by atoms with Crippen LogP contribution in [0, 0.1) is 17.3 Å². The van der Waals surface area contributed by atoms with Gasteiger partial charge in [0.1, 0.15) is 0 Å². The zero-order valence-corrected chi connectivity index (χ0v) is 19.3. The molecular weight excluding hydrogens is 348 g/mol. The summed E-state index contributed by atoms with van der Waals surface area (Å²) in [5.41, 5.74) is 0.917. The van der Waals surface area contributed by atoms with Crippen molar-refractivity contribution < 1.29 is 9.53 Å². The first-order valence-corrected chi connectivity index (χ1v) is 13.8. The van der Waals surface area contributed by atoms with E-state index in [1.807, 2.05) is 0 Å². The van der Waals surface area contributed by atoms with Gasteiger partial charge in [-0.1, -0.05) is 58.0 Å². The van der Waals surface area contributed by atoms with Crippen molar-refractivity contribution in [1.29, 1.82) is 0 Å². The molecule has 2 saturated carbocycles. The number of benzene rings is 1. The lowest BCUT2D eigenvalue weighted by Gasteiger charge is -2.50. The van der Waals surface area contributed by atoms with Gasteiger partial charge in [-0.2, -0.15) is 0 Å². The minimum atomic E-state index is -1.73. The van der Waals surface area contributed by atoms with Gasteiger partial charge in [-0.15, -0.1) is 0 Å². The molecule has 0 radical (unpaired) electrons. The molecule has 0 heterocycles. The first-order chi connectivity index (χ1) is 12.5. The fourth-order valence-corrected chi connectivity index (χ4v) is 6.22. The number of aliphatic hydroxyl groups is 1. The summed E-state index contributed by atoms with van der Waals surface area (Å²) in [4.78, 5) is 0. The van der Waals surface area contributed by atoms with Crippen LogP contribution in [0.1, 0.15) is 65.4 Å². The van der Waals surface area contributed by atoms with Gasteiger partial charge in [0.15, 0.2) is 8.32 Å². The zero-order valence-electron chi connectivity index (χ0n) is 18.3. The second kappa shape index (κ2) is 7.31. The average molecular weight is 389 g/mol. The molecule has 3 heteroatoms. The Morgan fingerprint density at radius 3 is 2.41 bits per heavy atom. The monoisotopic (exact) mass is 388 g/mol. The SMILES string of the molecule is CC(C)(C)[Si](C)(C)OC[C@H]1CC[C@]2(O)C[C@@H](Cc3ccccc3)CC[C@]12C. The molecule has 0 amide bonds. The summed E-state index contributed by atoms with van der Waals surface area (Å²) in [6.45, 7) is 14.8. The lowest BCUT2D eigenvalue weighted by atomic mass is 9.59. The fraction of sp³-hybridized carbons (Fsp3) is 0.750. The van der Waals surface area contributed by atoms with Crippen LogP contribution in [0.2, 0.25) is 18.1 Å². The maximum absolute atomic E-state index is 11.6. The van der Waals surface area contributed by atoms with E-state index in [1.54, 1.807) is 0 Å². The van der Waals surface area contributed by atoms with Gasteiger partial charge in [0, 0.05) is 12.0 Å². The van der Waals surface area contributed by atoms with E-state index in [0.717, 1.165) is 38.7 Å². The molecule has 0 aromatic heterocycles. The van der Waals surface area contributed by atoms with E-state index in [2.05, 4.69) is 71.1 Å². The lowest BCUT2D eigenvalue weighted by molar-refractivity contribution is -0.118. The first kappa shape index (κ1) is 21.1. The molecule has 1 aromatic rings. The van der Waals surface area contributed by atoms with Gasteiger partial charge >= 0.3 is 0 Å². The topological polar surface area (TPSA) is 29.5 Å². The maximum atomic E-state index is 11.6. The van der Waals surface area contributed by atoms with Crippen molar-refractivity contribution >= 4 is 8.32 Å². The molecule has 2 fully saturated rings. The van der Waals surface area contributed by atoms with E-state index >= 15 is 0 Å². The van der Waals surface area contributed by atoms with E-state index in [0.29, 0.717) is 11.8 Å². The Hall–Kier alpha value is -0.643. The Bertz CT molecular complexity index is 636. The van der Waals surface area contributed by atoms with Gasteiger partial charge in [-0.3, -0.25) is 0 Å². The highest BCUT2D eigenvalue weighted by atomic mass is 28.4. The molecule has 1 N–H and O–H groups in total. The molecule has 152 valence electrons. The highest BCUT2D eigenvalue weighted by Crippen LogP contribution is 2.59. The van der Waals surface area contributed by atoms with Gasteiger partial charge in [0.25, 0.3) is 0 Å². The number of rotatable bonds is 5. The van der Waals surface area contributed by atoms with E-state index in [-0.39, 0.29) is 10.5 Å². The van der Waals surface area contributed by atoms with Crippen LogP contribution in [0.25, 0.3) is 0 Å². The second-order valence-corrected chi connectivity index (χ2v) is 15.9. The van der Waals surface area contributed by atoms with Crippen molar-refractivity contribution in [2.75, 3.05) is 6.61 Å². The Morgan fingerprint density at radius 1 is 1.11 bits per heavy atom. The summed E-state index contributed by atoms with van der Waals surface area (Å²) in [6.07, 6.45) is 6.47. The molecule has 4 atom stereocenters. The molecule has 0 saturated heterocycles. The predicted octanol–water partition coefficient (Wildman–Crippen LogP) is 6.20. The Kier molecular flexibility index (Phi) is 5.71. The molecular formula is C24H40O2Si. The van der Waals surface area contributed by atoms with Crippen molar-refractivity contribution in [1.82, 2.24) is 0 Å². The summed E-state index contributed by atoms with van der Waals surface area (Å²) in [6, 6.07) is 10.8. The third-order valence-corrected chi connectivity index (χ3v) is 12.9. The maximum Gasteiger partial charge on any atom is 0.191 e. The zero-order chi connectivity index (χ0) is 19.9. The van der Waals surface area contributed by atoms with Crippen LogP contribution in [0.5, 0.6) is 0 Å². The highest BCUT2D eigenvalue weighted by molar-refractivity contribution is 6.74. The summed E-state index contributed by atoms with van der Waals surface area (Å²) < 4.78 is 6.59. The highest BCUT2D eigenvalue weighted by Gasteiger charge is 2.59. The van der Waals surface area contributed by atoms with E-state index < -0.39 is 13.9 Å². The van der Waals surface area contributed by atoms with Gasteiger partial charge in [-0.25, -0.2) is 0 Å². The van der Waals surface area contributed by atoms with Crippen LogP contribution in [-0.4, -0.2) is 25.6 Å². The second-order valence-electron chi connectivity index (χ2n) is 11.1. The molecule has 2 aliphatic carbocycles. The number of hydrogen-bond donors (Lipinski definition) is 1. The van der Waals surface area contributed by atoms with Gasteiger partial charge in [-0.05, 0) is 74.1 Å². The Balaban J connectivity index is 1.65. The minimum Gasteiger partial charge on any atom is -0.417 e. The third kappa shape index (κ3) is 4.06. The van der Waals surface area contributed by atoms with Gasteiger partial charge in [0.2, 0.25) is 0 Å². The Labute approximate surface area is 167 Å². The minimum absolute atomic E-state index is 0.0164. The summed E-state index contributed by atoms with van der Waals surface area (Å²) >= 11 is 0. The van der Waals surface area contributed by atoms with Crippen LogP contribution >= 0.6 is 0 Å². The van der Waals surface area contributed by atoms with E-state index in [1.165, 1.54) is 12.0 Å². The van der Waals surface area contributed by atoms with Crippen molar-refractivity contribution in [2.45, 2.75) is 90.0 Å². The molecule has 0 bridgehead atoms. The molecule has 27 heavy (non-hydrogen) atoms. The van der Waals surface area contributed by atoms with Crippen molar-refractivity contribution in [2.24, 2.45) is 17.3 Å². The standard InChI is InChI=1S/C24H40O2Si/c1-22(2,3)27(5,6)26-18-21-13-15-24(25)17-20(12-14-23(21,24)4)16-19-10-8-7-9-11-19/h7-11,20-21,25H,12-18H2,1-6H3/t20-,21-,23-,24+/m1/s1. The summed E-state index contributed by atoms with van der Waals surface area (Å²) in [7, 11) is -1.73. The molecule has 0 aliphatic heterocycles. The predicted molar refractivity (Wildman–Crippen MR) is 116 cm³/mol. The average Bonchev–Trinajstić information content (AvgIpc) is 2.84. The molecule has 1 aromatic carbocycles. The largest absolute Gasteiger partial charge is 0.417 e. The Morgan fingerprint density at radius 2 is 1.78 bits per heavy atom. The van der Waals surface area contributed by atoms with Crippen LogP contribution in [0.4, 0.5) is 0 Å². The molecule has 2 aliphatic rings. The molecule has 0 spiro atoms. The third-order valence-electron chi connectivity index (χ3n) is 8.39. The number of fused-ring (bicyclic) bond motifs is 1. The van der Waals surface area contributed by atoms with Crippen molar-refractivity contribution in [3.8, 4) is 0 Å². The summed E-state index contributed by atoms with van der Waals surface area (Å²) in [5.74, 6) is 1.10.